The van der Waals surface area contributed by atoms with E-state index in [4.69, 9.17) is 5.73 Å². The molecule has 0 bridgehead atoms. The second-order valence-electron chi connectivity index (χ2n) is 6.22. The van der Waals surface area contributed by atoms with E-state index in [9.17, 15) is 9.59 Å². The number of carbonyl (C=O) groups excluding carboxylic acids is 1. The molecule has 0 aliphatic heterocycles. The van der Waals surface area contributed by atoms with E-state index in [1.54, 1.807) is 24.3 Å². The normalized spacial score (nSPS) is 10.9. The Hall–Kier alpha value is -2.51. The standard InChI is InChI=1S/C20H21BrN4O2/c21-15-9-7-14(8-10-15)13-25-18(19(26)23-12-4-3-11-22)24-17-6-2-1-5-16(17)20(25)27/h1-2,5-10H,3-4,11-13,22H2,(H,23,26). The van der Waals surface area contributed by atoms with Crippen LogP contribution >= 0.6 is 15.9 Å². The van der Waals surface area contributed by atoms with E-state index in [0.717, 1.165) is 22.9 Å². The molecule has 0 spiro atoms. The molecule has 0 radical (unpaired) electrons. The van der Waals surface area contributed by atoms with E-state index in [0.29, 0.717) is 24.0 Å². The van der Waals surface area contributed by atoms with E-state index in [-0.39, 0.29) is 23.8 Å². The lowest BCUT2D eigenvalue weighted by molar-refractivity contribution is 0.0937. The summed E-state index contributed by atoms with van der Waals surface area (Å²) >= 11 is 3.40. The second-order valence-corrected chi connectivity index (χ2v) is 7.14. The summed E-state index contributed by atoms with van der Waals surface area (Å²) in [7, 11) is 0. The average molecular weight is 429 g/mol. The number of benzene rings is 2. The molecule has 0 aliphatic carbocycles. The van der Waals surface area contributed by atoms with Crippen molar-refractivity contribution in [2.45, 2.75) is 19.4 Å². The Morgan fingerprint density at radius 1 is 1.11 bits per heavy atom. The minimum atomic E-state index is -0.355. The number of rotatable bonds is 7. The zero-order valence-corrected chi connectivity index (χ0v) is 16.4. The number of para-hydroxylation sites is 1. The number of nitrogens with one attached hydrogen (secondary N) is 1. The first-order valence-electron chi connectivity index (χ1n) is 8.82. The third-order valence-electron chi connectivity index (χ3n) is 4.24. The lowest BCUT2D eigenvalue weighted by Crippen LogP contribution is -2.34. The zero-order valence-electron chi connectivity index (χ0n) is 14.8. The first-order chi connectivity index (χ1) is 13.1. The Bertz CT molecular complexity index is 999. The smallest absolute Gasteiger partial charge is 0.287 e. The highest BCUT2D eigenvalue weighted by atomic mass is 79.9. The molecule has 0 atom stereocenters. The summed E-state index contributed by atoms with van der Waals surface area (Å²) in [6, 6.07) is 14.7. The lowest BCUT2D eigenvalue weighted by atomic mass is 10.2. The fourth-order valence-electron chi connectivity index (χ4n) is 2.81. The summed E-state index contributed by atoms with van der Waals surface area (Å²) in [6.45, 7) is 1.35. The molecule has 0 unspecified atom stereocenters. The van der Waals surface area contributed by atoms with Crippen LogP contribution in [0.5, 0.6) is 0 Å². The number of aromatic nitrogens is 2. The average Bonchev–Trinajstić information content (AvgIpc) is 2.68. The molecule has 0 saturated heterocycles. The highest BCUT2D eigenvalue weighted by Crippen LogP contribution is 2.13. The summed E-state index contributed by atoms with van der Waals surface area (Å²) in [5, 5.41) is 3.33. The van der Waals surface area contributed by atoms with Crippen molar-refractivity contribution >= 4 is 32.7 Å². The number of amides is 1. The van der Waals surface area contributed by atoms with E-state index in [1.807, 2.05) is 24.3 Å². The summed E-state index contributed by atoms with van der Waals surface area (Å²) in [5.74, 6) is -0.235. The van der Waals surface area contributed by atoms with Crippen molar-refractivity contribution in [3.63, 3.8) is 0 Å². The Balaban J connectivity index is 2.00. The molecule has 7 heteroatoms. The Labute approximate surface area is 165 Å². The molecule has 1 aromatic heterocycles. The van der Waals surface area contributed by atoms with Crippen molar-refractivity contribution in [3.05, 3.63) is 74.7 Å². The van der Waals surface area contributed by atoms with Crippen LogP contribution in [0.25, 0.3) is 10.9 Å². The molecular weight excluding hydrogens is 408 g/mol. The number of nitrogens with two attached hydrogens (primary N) is 1. The number of halogens is 1. The Morgan fingerprint density at radius 3 is 2.59 bits per heavy atom. The summed E-state index contributed by atoms with van der Waals surface area (Å²) < 4.78 is 2.39. The van der Waals surface area contributed by atoms with Crippen LogP contribution < -0.4 is 16.6 Å². The lowest BCUT2D eigenvalue weighted by Gasteiger charge is -2.14. The highest BCUT2D eigenvalue weighted by molar-refractivity contribution is 9.10. The van der Waals surface area contributed by atoms with Gasteiger partial charge in [0.1, 0.15) is 0 Å². The van der Waals surface area contributed by atoms with E-state index in [1.165, 1.54) is 4.57 Å². The van der Waals surface area contributed by atoms with Crippen molar-refractivity contribution in [1.82, 2.24) is 14.9 Å². The van der Waals surface area contributed by atoms with Gasteiger partial charge in [0.25, 0.3) is 11.5 Å². The third-order valence-corrected chi connectivity index (χ3v) is 4.76. The molecule has 27 heavy (non-hydrogen) atoms. The fourth-order valence-corrected chi connectivity index (χ4v) is 3.08. The van der Waals surface area contributed by atoms with Crippen molar-refractivity contribution < 1.29 is 4.79 Å². The van der Waals surface area contributed by atoms with Crippen LogP contribution in [0.3, 0.4) is 0 Å². The maximum atomic E-state index is 13.0. The number of carbonyl (C=O) groups is 1. The van der Waals surface area contributed by atoms with Gasteiger partial charge in [-0.15, -0.1) is 0 Å². The largest absolute Gasteiger partial charge is 0.349 e. The van der Waals surface area contributed by atoms with Crippen LogP contribution in [-0.2, 0) is 6.54 Å². The Morgan fingerprint density at radius 2 is 1.85 bits per heavy atom. The van der Waals surface area contributed by atoms with Gasteiger partial charge in [-0.3, -0.25) is 14.2 Å². The van der Waals surface area contributed by atoms with Crippen LogP contribution in [-0.4, -0.2) is 28.5 Å². The number of hydrogen-bond donors (Lipinski definition) is 2. The first-order valence-corrected chi connectivity index (χ1v) is 9.61. The highest BCUT2D eigenvalue weighted by Gasteiger charge is 2.17. The maximum Gasteiger partial charge on any atom is 0.287 e. The molecule has 0 fully saturated rings. The van der Waals surface area contributed by atoms with Crippen LogP contribution in [0.15, 0.2) is 57.8 Å². The van der Waals surface area contributed by atoms with Gasteiger partial charge in [-0.1, -0.05) is 40.2 Å². The summed E-state index contributed by atoms with van der Waals surface area (Å²) in [6.07, 6.45) is 1.61. The maximum absolute atomic E-state index is 13.0. The number of fused-ring (bicyclic) bond motifs is 1. The van der Waals surface area contributed by atoms with Gasteiger partial charge in [0.15, 0.2) is 0 Å². The molecule has 0 saturated carbocycles. The van der Waals surface area contributed by atoms with Gasteiger partial charge in [-0.25, -0.2) is 4.98 Å². The predicted molar refractivity (Wildman–Crippen MR) is 110 cm³/mol. The molecule has 1 amide bonds. The molecular formula is C20H21BrN4O2. The van der Waals surface area contributed by atoms with E-state index < -0.39 is 0 Å². The topological polar surface area (TPSA) is 90.0 Å². The minimum absolute atomic E-state index is 0.120. The van der Waals surface area contributed by atoms with Crippen molar-refractivity contribution in [2.75, 3.05) is 13.1 Å². The summed E-state index contributed by atoms with van der Waals surface area (Å²) in [4.78, 5) is 30.2. The fraction of sp³-hybridized carbons (Fsp3) is 0.250. The van der Waals surface area contributed by atoms with Gasteiger partial charge in [0.05, 0.1) is 17.4 Å². The Kier molecular flexibility index (Phi) is 6.36. The van der Waals surface area contributed by atoms with Crippen molar-refractivity contribution in [3.8, 4) is 0 Å². The van der Waals surface area contributed by atoms with Gasteiger partial charge in [-0.05, 0) is 49.2 Å². The monoisotopic (exact) mass is 428 g/mol. The number of unbranched alkanes of at least 4 members (excludes halogenated alkanes) is 1. The van der Waals surface area contributed by atoms with Crippen LogP contribution in [0.2, 0.25) is 0 Å². The molecule has 3 aromatic rings. The van der Waals surface area contributed by atoms with Gasteiger partial charge in [-0.2, -0.15) is 0 Å². The molecule has 1 heterocycles. The first kappa shape index (κ1) is 19.3. The molecule has 3 N–H and O–H groups in total. The van der Waals surface area contributed by atoms with Gasteiger partial charge < -0.3 is 11.1 Å². The van der Waals surface area contributed by atoms with Crippen LogP contribution in [0.4, 0.5) is 0 Å². The van der Waals surface area contributed by atoms with Crippen LogP contribution in [0.1, 0.15) is 29.0 Å². The van der Waals surface area contributed by atoms with E-state index >= 15 is 0 Å². The number of hydrogen-bond acceptors (Lipinski definition) is 4. The van der Waals surface area contributed by atoms with Crippen LogP contribution in [0, 0.1) is 0 Å². The van der Waals surface area contributed by atoms with Gasteiger partial charge in [0, 0.05) is 11.0 Å². The summed E-state index contributed by atoms with van der Waals surface area (Å²) in [5.41, 5.74) is 6.69. The quantitative estimate of drug-likeness (QED) is 0.566. The molecule has 6 nitrogen and oxygen atoms in total. The second kappa shape index (κ2) is 8.92. The minimum Gasteiger partial charge on any atom is -0.349 e. The van der Waals surface area contributed by atoms with Gasteiger partial charge >= 0.3 is 0 Å². The number of nitrogens with zero attached hydrogens (tertiary/aromatic N) is 2. The van der Waals surface area contributed by atoms with E-state index in [2.05, 4.69) is 26.2 Å². The zero-order chi connectivity index (χ0) is 19.2. The molecule has 2 aromatic carbocycles. The SMILES string of the molecule is NCCCCNC(=O)c1nc2ccccc2c(=O)n1Cc1ccc(Br)cc1. The molecule has 0 aliphatic rings. The predicted octanol–water partition coefficient (Wildman–Crippen LogP) is 2.68. The molecule has 140 valence electrons. The van der Waals surface area contributed by atoms with Crippen molar-refractivity contribution in [2.24, 2.45) is 5.73 Å². The third kappa shape index (κ3) is 4.61. The van der Waals surface area contributed by atoms with Crippen molar-refractivity contribution in [1.29, 1.82) is 0 Å². The molecule has 3 rings (SSSR count). The van der Waals surface area contributed by atoms with Gasteiger partial charge in [0.2, 0.25) is 5.82 Å².